The molecule has 1 fully saturated rings. The van der Waals surface area contributed by atoms with Gasteiger partial charge in [0.1, 0.15) is 5.75 Å². The van der Waals surface area contributed by atoms with Crippen LogP contribution < -0.4 is 5.46 Å². The lowest BCUT2D eigenvalue weighted by Crippen LogP contribution is -2.41. The van der Waals surface area contributed by atoms with Crippen LogP contribution in [-0.2, 0) is 9.31 Å². The topological polar surface area (TPSA) is 55.8 Å². The van der Waals surface area contributed by atoms with E-state index in [4.69, 9.17) is 9.31 Å². The number of carbonyl (C=O) groups excluding carboxylic acids is 1. The van der Waals surface area contributed by atoms with Crippen LogP contribution in [-0.4, -0.2) is 29.2 Å². The SMILES string of the molecule is CC(=O)c1cccc(B2OC(C)(C)C(C)(C)O2)c1O. The first kappa shape index (κ1) is 14.1. The number of aromatic hydroxyl groups is 1. The summed E-state index contributed by atoms with van der Waals surface area (Å²) in [5.74, 6) is -0.246. The molecule has 19 heavy (non-hydrogen) atoms. The molecule has 0 atom stereocenters. The van der Waals surface area contributed by atoms with Crippen molar-refractivity contribution in [3.63, 3.8) is 0 Å². The highest BCUT2D eigenvalue weighted by atomic mass is 16.7. The molecule has 1 N–H and O–H groups in total. The third-order valence-corrected chi connectivity index (χ3v) is 3.95. The Balaban J connectivity index is 2.40. The van der Waals surface area contributed by atoms with Crippen molar-refractivity contribution in [1.29, 1.82) is 0 Å². The fourth-order valence-electron chi connectivity index (χ4n) is 2.01. The van der Waals surface area contributed by atoms with Crippen LogP contribution in [0.4, 0.5) is 0 Å². The van der Waals surface area contributed by atoms with E-state index in [1.54, 1.807) is 18.2 Å². The van der Waals surface area contributed by atoms with Crippen molar-refractivity contribution in [2.75, 3.05) is 0 Å². The van der Waals surface area contributed by atoms with Gasteiger partial charge in [0.05, 0.1) is 16.8 Å². The molecule has 0 amide bonds. The van der Waals surface area contributed by atoms with Crippen LogP contribution in [0.1, 0.15) is 45.0 Å². The van der Waals surface area contributed by atoms with Gasteiger partial charge in [-0.1, -0.05) is 12.1 Å². The largest absolute Gasteiger partial charge is 0.508 e. The van der Waals surface area contributed by atoms with Crippen LogP contribution in [0.3, 0.4) is 0 Å². The quantitative estimate of drug-likeness (QED) is 0.653. The molecule has 1 aliphatic heterocycles. The molecule has 102 valence electrons. The molecule has 0 unspecified atom stereocenters. The second-order valence-electron chi connectivity index (χ2n) is 5.89. The van der Waals surface area contributed by atoms with E-state index in [0.29, 0.717) is 5.46 Å². The summed E-state index contributed by atoms with van der Waals surface area (Å²) in [4.78, 5) is 11.4. The molecule has 0 aliphatic carbocycles. The zero-order valence-corrected chi connectivity index (χ0v) is 12.0. The van der Waals surface area contributed by atoms with Crippen molar-refractivity contribution in [3.05, 3.63) is 23.8 Å². The number of carbonyl (C=O) groups is 1. The molecule has 0 saturated carbocycles. The smallest absolute Gasteiger partial charge is 0.498 e. The highest BCUT2D eigenvalue weighted by molar-refractivity contribution is 6.63. The summed E-state index contributed by atoms with van der Waals surface area (Å²) in [6, 6.07) is 5.02. The van der Waals surface area contributed by atoms with Crippen LogP contribution in [0.15, 0.2) is 18.2 Å². The molecule has 1 heterocycles. The van der Waals surface area contributed by atoms with Gasteiger partial charge in [-0.05, 0) is 40.7 Å². The Kier molecular flexibility index (Phi) is 3.23. The van der Waals surface area contributed by atoms with Gasteiger partial charge in [-0.15, -0.1) is 0 Å². The minimum atomic E-state index is -0.663. The molecular weight excluding hydrogens is 243 g/mol. The number of rotatable bonds is 2. The maximum atomic E-state index is 11.4. The Hall–Kier alpha value is -1.33. The summed E-state index contributed by atoms with van der Waals surface area (Å²) in [5, 5.41) is 10.2. The number of hydrogen-bond acceptors (Lipinski definition) is 4. The second kappa shape index (κ2) is 4.35. The number of Topliss-reactive ketones (excluding diaryl/α,β-unsaturated/α-hetero) is 1. The number of phenolic OH excluding ortho intramolecular Hbond substituents is 1. The number of hydrogen-bond donors (Lipinski definition) is 1. The average Bonchev–Trinajstić information content (AvgIpc) is 2.47. The highest BCUT2D eigenvalue weighted by Gasteiger charge is 2.52. The molecule has 0 radical (unpaired) electrons. The van der Waals surface area contributed by atoms with Crippen molar-refractivity contribution < 1.29 is 19.2 Å². The number of phenols is 1. The molecule has 4 nitrogen and oxygen atoms in total. The summed E-state index contributed by atoms with van der Waals surface area (Å²) >= 11 is 0. The monoisotopic (exact) mass is 262 g/mol. The van der Waals surface area contributed by atoms with E-state index in [9.17, 15) is 9.90 Å². The first-order valence-electron chi connectivity index (χ1n) is 6.34. The highest BCUT2D eigenvalue weighted by Crippen LogP contribution is 2.37. The zero-order chi connectivity index (χ0) is 14.4. The van der Waals surface area contributed by atoms with Crippen molar-refractivity contribution >= 4 is 18.4 Å². The maximum Gasteiger partial charge on any atom is 0.498 e. The lowest BCUT2D eigenvalue weighted by Gasteiger charge is -2.32. The lowest BCUT2D eigenvalue weighted by molar-refractivity contribution is 0.00578. The fraction of sp³-hybridized carbons (Fsp3) is 0.500. The molecule has 1 saturated heterocycles. The van der Waals surface area contributed by atoms with E-state index in [1.165, 1.54) is 6.92 Å². The summed E-state index contributed by atoms with van der Waals surface area (Å²) in [7, 11) is -0.663. The molecule has 1 aliphatic rings. The van der Waals surface area contributed by atoms with Gasteiger partial charge in [0.2, 0.25) is 0 Å². The van der Waals surface area contributed by atoms with Gasteiger partial charge in [0.25, 0.3) is 0 Å². The number of ketones is 1. The van der Waals surface area contributed by atoms with Gasteiger partial charge in [-0.3, -0.25) is 4.79 Å². The van der Waals surface area contributed by atoms with Gasteiger partial charge in [0, 0.05) is 5.46 Å². The molecule has 5 heteroatoms. The Morgan fingerprint density at radius 1 is 1.16 bits per heavy atom. The Morgan fingerprint density at radius 2 is 1.68 bits per heavy atom. The minimum absolute atomic E-state index is 0.0616. The van der Waals surface area contributed by atoms with E-state index >= 15 is 0 Å². The van der Waals surface area contributed by atoms with Crippen molar-refractivity contribution in [3.8, 4) is 5.75 Å². The van der Waals surface area contributed by atoms with Crippen molar-refractivity contribution in [1.82, 2.24) is 0 Å². The predicted molar refractivity (Wildman–Crippen MR) is 73.8 cm³/mol. The van der Waals surface area contributed by atoms with Gasteiger partial charge in [0.15, 0.2) is 5.78 Å². The van der Waals surface area contributed by atoms with Crippen LogP contribution in [0, 0.1) is 0 Å². The Morgan fingerprint density at radius 3 is 2.16 bits per heavy atom. The summed E-state index contributed by atoms with van der Waals surface area (Å²) in [5.41, 5.74) is -0.175. The number of para-hydroxylation sites is 1. The lowest BCUT2D eigenvalue weighted by atomic mass is 9.77. The third kappa shape index (κ3) is 2.28. The van der Waals surface area contributed by atoms with E-state index < -0.39 is 18.3 Å². The standard InChI is InChI=1S/C14H19BO4/c1-9(16)10-7-6-8-11(12(10)17)15-18-13(2,3)14(4,5)19-15/h6-8,17H,1-5H3. The van der Waals surface area contributed by atoms with Gasteiger partial charge < -0.3 is 14.4 Å². The average molecular weight is 262 g/mol. The zero-order valence-electron chi connectivity index (χ0n) is 12.0. The fourth-order valence-corrected chi connectivity index (χ4v) is 2.01. The van der Waals surface area contributed by atoms with Crippen LogP contribution >= 0.6 is 0 Å². The van der Waals surface area contributed by atoms with E-state index in [-0.39, 0.29) is 17.1 Å². The molecule has 0 aromatic heterocycles. The molecule has 1 aromatic rings. The molecule has 0 bridgehead atoms. The van der Waals surface area contributed by atoms with Crippen LogP contribution in [0.2, 0.25) is 0 Å². The van der Waals surface area contributed by atoms with Crippen LogP contribution in [0.5, 0.6) is 5.75 Å². The van der Waals surface area contributed by atoms with E-state index in [1.807, 2.05) is 27.7 Å². The van der Waals surface area contributed by atoms with Crippen LogP contribution in [0.25, 0.3) is 0 Å². The van der Waals surface area contributed by atoms with E-state index in [0.717, 1.165) is 0 Å². The Labute approximate surface area is 113 Å². The third-order valence-electron chi connectivity index (χ3n) is 3.95. The van der Waals surface area contributed by atoms with Gasteiger partial charge in [-0.25, -0.2) is 0 Å². The maximum absolute atomic E-state index is 11.4. The van der Waals surface area contributed by atoms with Gasteiger partial charge >= 0.3 is 7.12 Å². The summed E-state index contributed by atoms with van der Waals surface area (Å²) in [6.07, 6.45) is 0. The molecule has 0 spiro atoms. The molecule has 1 aromatic carbocycles. The van der Waals surface area contributed by atoms with Crippen molar-refractivity contribution in [2.45, 2.75) is 45.8 Å². The minimum Gasteiger partial charge on any atom is -0.508 e. The first-order chi connectivity index (χ1) is 8.66. The summed E-state index contributed by atoms with van der Waals surface area (Å²) < 4.78 is 11.7. The summed E-state index contributed by atoms with van der Waals surface area (Å²) in [6.45, 7) is 9.19. The van der Waals surface area contributed by atoms with Crippen molar-refractivity contribution in [2.24, 2.45) is 0 Å². The van der Waals surface area contributed by atoms with E-state index in [2.05, 4.69) is 0 Å². The predicted octanol–water partition coefficient (Wildman–Crippen LogP) is 1.89. The number of benzene rings is 1. The first-order valence-corrected chi connectivity index (χ1v) is 6.34. The van der Waals surface area contributed by atoms with Gasteiger partial charge in [-0.2, -0.15) is 0 Å². The normalized spacial score (nSPS) is 20.6. The molecule has 2 rings (SSSR count). The second-order valence-corrected chi connectivity index (χ2v) is 5.89. The Bertz CT molecular complexity index is 506. The molecular formula is C14H19BO4.